The first-order valence-electron chi connectivity index (χ1n) is 4.95. The molecule has 0 bridgehead atoms. The van der Waals surface area contributed by atoms with Gasteiger partial charge in [-0.3, -0.25) is 0 Å². The molecule has 4 heteroatoms. The Balaban J connectivity index is 2.00. The molecule has 2 rings (SSSR count). The first kappa shape index (κ1) is 12.7. The zero-order valence-electron chi connectivity index (χ0n) is 8.81. The van der Waals surface area contributed by atoms with Gasteiger partial charge in [-0.15, -0.1) is 0 Å². The van der Waals surface area contributed by atoms with E-state index in [4.69, 9.17) is 11.6 Å². The van der Waals surface area contributed by atoms with Crippen molar-refractivity contribution in [1.29, 1.82) is 0 Å². The van der Waals surface area contributed by atoms with Gasteiger partial charge in [0.15, 0.2) is 0 Å². The van der Waals surface area contributed by atoms with E-state index in [0.29, 0.717) is 0 Å². The summed E-state index contributed by atoms with van der Waals surface area (Å²) >= 11 is 10.7. The Hall–Kier alpha value is -0.770. The third kappa shape index (κ3) is 4.19. The Kier molecular flexibility index (Phi) is 4.66. The normalized spacial score (nSPS) is 10.9. The van der Waals surface area contributed by atoms with Crippen molar-refractivity contribution in [3.05, 3.63) is 63.6 Å². The third-order valence-electron chi connectivity index (χ3n) is 2.02. The fourth-order valence-corrected chi connectivity index (χ4v) is 2.25. The Labute approximate surface area is 118 Å². The molecule has 0 radical (unpaired) electrons. The second-order valence-corrected chi connectivity index (χ2v) is 5.55. The van der Waals surface area contributed by atoms with Crippen molar-refractivity contribution in [2.24, 2.45) is 4.40 Å². The minimum Gasteiger partial charge on any atom is -0.219 e. The van der Waals surface area contributed by atoms with E-state index in [1.165, 1.54) is 11.9 Å². The van der Waals surface area contributed by atoms with Gasteiger partial charge in [0, 0.05) is 32.6 Å². The van der Waals surface area contributed by atoms with E-state index >= 15 is 0 Å². The molecule has 2 aromatic rings. The van der Waals surface area contributed by atoms with E-state index in [1.54, 1.807) is 6.21 Å². The summed E-state index contributed by atoms with van der Waals surface area (Å²) in [4.78, 5) is 1.10. The molecule has 0 N–H and O–H groups in total. The molecule has 0 spiro atoms. The highest BCUT2D eigenvalue weighted by molar-refractivity contribution is 9.10. The maximum Gasteiger partial charge on any atom is 0.0428 e. The van der Waals surface area contributed by atoms with Crippen LogP contribution >= 0.6 is 39.5 Å². The van der Waals surface area contributed by atoms with Crippen molar-refractivity contribution < 1.29 is 0 Å². The average molecular weight is 327 g/mol. The summed E-state index contributed by atoms with van der Waals surface area (Å²) in [7, 11) is 0. The van der Waals surface area contributed by atoms with Crippen LogP contribution in [0.4, 0.5) is 0 Å². The fraction of sp³-hybridized carbons (Fsp3) is 0. The number of nitrogens with zero attached hydrogens (tertiary/aromatic N) is 1. The van der Waals surface area contributed by atoms with Crippen LogP contribution in [0.2, 0.25) is 5.02 Å². The zero-order chi connectivity index (χ0) is 12.1. The van der Waals surface area contributed by atoms with E-state index in [2.05, 4.69) is 20.3 Å². The van der Waals surface area contributed by atoms with Crippen molar-refractivity contribution in [1.82, 2.24) is 0 Å². The topological polar surface area (TPSA) is 12.4 Å². The lowest BCUT2D eigenvalue weighted by Gasteiger charge is -1.96. The van der Waals surface area contributed by atoms with Crippen molar-refractivity contribution in [2.75, 3.05) is 0 Å². The van der Waals surface area contributed by atoms with Gasteiger partial charge in [-0.1, -0.05) is 39.7 Å². The van der Waals surface area contributed by atoms with Crippen LogP contribution in [0.3, 0.4) is 0 Å². The second-order valence-electron chi connectivity index (χ2n) is 3.33. The lowest BCUT2D eigenvalue weighted by atomic mass is 10.2. The monoisotopic (exact) mass is 325 g/mol. The molecular weight excluding hydrogens is 318 g/mol. The number of hydrogen-bond acceptors (Lipinski definition) is 2. The quantitative estimate of drug-likeness (QED) is 0.556. The van der Waals surface area contributed by atoms with Gasteiger partial charge in [-0.2, -0.15) is 0 Å². The second kappa shape index (κ2) is 6.24. The highest BCUT2D eigenvalue weighted by atomic mass is 79.9. The molecule has 1 nitrogen and oxygen atoms in total. The van der Waals surface area contributed by atoms with Crippen LogP contribution in [-0.4, -0.2) is 6.21 Å². The minimum atomic E-state index is 0.725. The Bertz CT molecular complexity index is 525. The highest BCUT2D eigenvalue weighted by Crippen LogP contribution is 2.21. The molecule has 2 aromatic carbocycles. The van der Waals surface area contributed by atoms with Gasteiger partial charge in [0.1, 0.15) is 0 Å². The first-order valence-corrected chi connectivity index (χ1v) is 6.90. The lowest BCUT2D eigenvalue weighted by Crippen LogP contribution is -1.78. The lowest BCUT2D eigenvalue weighted by molar-refractivity contribution is 1.44. The SMILES string of the molecule is Clc1cccc(/C=N/Sc2ccc(Br)cc2)c1. The highest BCUT2D eigenvalue weighted by Gasteiger charge is 1.92. The van der Waals surface area contributed by atoms with Gasteiger partial charge in [-0.05, 0) is 42.0 Å². The third-order valence-corrected chi connectivity index (χ3v) is 3.48. The van der Waals surface area contributed by atoms with E-state index in [1.807, 2.05) is 48.5 Å². The summed E-state index contributed by atoms with van der Waals surface area (Å²) in [5.41, 5.74) is 1.00. The molecule has 0 amide bonds. The number of hydrogen-bond donors (Lipinski definition) is 0. The van der Waals surface area contributed by atoms with Crippen LogP contribution in [0.15, 0.2) is 62.3 Å². The number of halogens is 2. The van der Waals surface area contributed by atoms with Gasteiger partial charge in [-0.25, -0.2) is 4.40 Å². The van der Waals surface area contributed by atoms with Crippen LogP contribution < -0.4 is 0 Å². The summed E-state index contributed by atoms with van der Waals surface area (Å²) < 4.78 is 5.37. The van der Waals surface area contributed by atoms with Gasteiger partial charge in [0.05, 0.1) is 0 Å². The zero-order valence-corrected chi connectivity index (χ0v) is 12.0. The van der Waals surface area contributed by atoms with Gasteiger partial charge < -0.3 is 0 Å². The largest absolute Gasteiger partial charge is 0.219 e. The number of rotatable bonds is 3. The smallest absolute Gasteiger partial charge is 0.0428 e. The molecule has 0 fully saturated rings. The Morgan fingerprint density at radius 3 is 2.59 bits per heavy atom. The molecule has 0 unspecified atom stereocenters. The maximum absolute atomic E-state index is 5.88. The Morgan fingerprint density at radius 2 is 1.88 bits per heavy atom. The summed E-state index contributed by atoms with van der Waals surface area (Å²) in [6, 6.07) is 15.6. The van der Waals surface area contributed by atoms with Crippen molar-refractivity contribution in [3.8, 4) is 0 Å². The van der Waals surface area contributed by atoms with Crippen LogP contribution in [0.25, 0.3) is 0 Å². The molecular formula is C13H9BrClNS. The summed E-state index contributed by atoms with van der Waals surface area (Å²) in [6.45, 7) is 0. The van der Waals surface area contributed by atoms with Crippen molar-refractivity contribution in [2.45, 2.75) is 4.90 Å². The van der Waals surface area contributed by atoms with Crippen molar-refractivity contribution in [3.63, 3.8) is 0 Å². The predicted molar refractivity (Wildman–Crippen MR) is 79.0 cm³/mol. The maximum atomic E-state index is 5.88. The van der Waals surface area contributed by atoms with Crippen LogP contribution in [0.5, 0.6) is 0 Å². The van der Waals surface area contributed by atoms with Crippen molar-refractivity contribution >= 4 is 45.7 Å². The summed E-state index contributed by atoms with van der Waals surface area (Å²) in [5, 5.41) is 0.725. The van der Waals surface area contributed by atoms with Gasteiger partial charge in [0.2, 0.25) is 0 Å². The molecule has 0 saturated heterocycles. The number of benzene rings is 2. The molecule has 86 valence electrons. The minimum absolute atomic E-state index is 0.725. The molecule has 0 heterocycles. The summed E-state index contributed by atoms with van der Waals surface area (Å²) in [6.07, 6.45) is 1.80. The molecule has 0 saturated carbocycles. The fourth-order valence-electron chi connectivity index (χ4n) is 1.23. The predicted octanol–water partition coefficient (Wildman–Crippen LogP) is 5.23. The molecule has 0 aliphatic carbocycles. The van der Waals surface area contributed by atoms with Crippen LogP contribution in [0.1, 0.15) is 5.56 Å². The molecule has 0 aromatic heterocycles. The van der Waals surface area contributed by atoms with Gasteiger partial charge >= 0.3 is 0 Å². The van der Waals surface area contributed by atoms with E-state index in [-0.39, 0.29) is 0 Å². The van der Waals surface area contributed by atoms with Crippen LogP contribution in [-0.2, 0) is 0 Å². The van der Waals surface area contributed by atoms with Crippen LogP contribution in [0, 0.1) is 0 Å². The molecule has 0 aliphatic heterocycles. The van der Waals surface area contributed by atoms with Gasteiger partial charge in [0.25, 0.3) is 0 Å². The molecule has 17 heavy (non-hydrogen) atoms. The molecule has 0 aliphatic rings. The average Bonchev–Trinajstić information content (AvgIpc) is 2.32. The molecule has 0 atom stereocenters. The van der Waals surface area contributed by atoms with E-state index < -0.39 is 0 Å². The Morgan fingerprint density at radius 1 is 1.12 bits per heavy atom. The van der Waals surface area contributed by atoms with E-state index in [0.717, 1.165) is 20.0 Å². The standard InChI is InChI=1S/C13H9BrClNS/c14-11-4-6-13(7-5-11)17-16-9-10-2-1-3-12(15)8-10/h1-9H/b16-9+. The summed E-state index contributed by atoms with van der Waals surface area (Å²) in [5.74, 6) is 0. The first-order chi connectivity index (χ1) is 8.24. The van der Waals surface area contributed by atoms with E-state index in [9.17, 15) is 0 Å².